The summed E-state index contributed by atoms with van der Waals surface area (Å²) in [4.78, 5) is 4.27. The van der Waals surface area contributed by atoms with Crippen LogP contribution in [0, 0.1) is 5.95 Å². The quantitative estimate of drug-likeness (QED) is 0.163. The van der Waals surface area contributed by atoms with Gasteiger partial charge in [0.2, 0.25) is 5.95 Å². The zero-order valence-electron chi connectivity index (χ0n) is 21.3. The standard InChI is InChI=1S/C32H42FN/c1-3-5-7-9-11-13-15-30-24-25-31(34-32(30)33)29-22-20-28(21-23-29)27-18-16-26(17-19-27)14-12-10-8-6-4-2/h16-25H,3-15H2,1-2H3. The first-order valence-electron chi connectivity index (χ1n) is 13.6. The maximum atomic E-state index is 14.6. The summed E-state index contributed by atoms with van der Waals surface area (Å²) in [6.07, 6.45) is 15.8. The zero-order valence-corrected chi connectivity index (χ0v) is 21.3. The monoisotopic (exact) mass is 459 g/mol. The first kappa shape index (κ1) is 26.1. The second-order valence-corrected chi connectivity index (χ2v) is 9.60. The van der Waals surface area contributed by atoms with Gasteiger partial charge in [0.15, 0.2) is 0 Å². The fraction of sp³-hybridized carbons (Fsp3) is 0.469. The van der Waals surface area contributed by atoms with Gasteiger partial charge in [0.1, 0.15) is 0 Å². The van der Waals surface area contributed by atoms with Gasteiger partial charge < -0.3 is 0 Å². The molecule has 2 heteroatoms. The van der Waals surface area contributed by atoms with E-state index in [2.05, 4.69) is 55.2 Å². The van der Waals surface area contributed by atoms with Crippen molar-refractivity contribution in [2.24, 2.45) is 0 Å². The van der Waals surface area contributed by atoms with Crippen LogP contribution in [-0.2, 0) is 12.8 Å². The fourth-order valence-corrected chi connectivity index (χ4v) is 4.54. The molecule has 1 aromatic heterocycles. The maximum Gasteiger partial charge on any atom is 0.216 e. The van der Waals surface area contributed by atoms with E-state index in [9.17, 15) is 4.39 Å². The van der Waals surface area contributed by atoms with Crippen molar-refractivity contribution >= 4 is 0 Å². The molecule has 0 aliphatic carbocycles. The van der Waals surface area contributed by atoms with Crippen molar-refractivity contribution in [1.82, 2.24) is 4.98 Å². The van der Waals surface area contributed by atoms with Gasteiger partial charge in [-0.3, -0.25) is 0 Å². The third-order valence-electron chi connectivity index (χ3n) is 6.76. The summed E-state index contributed by atoms with van der Waals surface area (Å²) < 4.78 is 14.6. The van der Waals surface area contributed by atoms with Gasteiger partial charge in [-0.15, -0.1) is 0 Å². The summed E-state index contributed by atoms with van der Waals surface area (Å²) in [5.41, 5.74) is 6.21. The van der Waals surface area contributed by atoms with Crippen molar-refractivity contribution in [1.29, 1.82) is 0 Å². The van der Waals surface area contributed by atoms with E-state index in [4.69, 9.17) is 0 Å². The number of hydrogen-bond acceptors (Lipinski definition) is 1. The summed E-state index contributed by atoms with van der Waals surface area (Å²) in [6.45, 7) is 4.48. The lowest BCUT2D eigenvalue weighted by atomic mass is 9.99. The van der Waals surface area contributed by atoms with Gasteiger partial charge in [-0.25, -0.2) is 4.98 Å². The van der Waals surface area contributed by atoms with Crippen molar-refractivity contribution in [3.63, 3.8) is 0 Å². The number of unbranched alkanes of at least 4 members (excludes halogenated alkanes) is 9. The Morgan fingerprint density at radius 3 is 1.62 bits per heavy atom. The van der Waals surface area contributed by atoms with Crippen LogP contribution in [0.5, 0.6) is 0 Å². The van der Waals surface area contributed by atoms with Crippen molar-refractivity contribution in [2.75, 3.05) is 0 Å². The molecule has 0 N–H and O–H groups in total. The van der Waals surface area contributed by atoms with Crippen LogP contribution in [0.4, 0.5) is 4.39 Å². The Labute approximate surface area is 206 Å². The molecule has 0 saturated heterocycles. The Morgan fingerprint density at radius 1 is 0.529 bits per heavy atom. The highest BCUT2D eigenvalue weighted by Gasteiger charge is 2.08. The van der Waals surface area contributed by atoms with Gasteiger partial charge >= 0.3 is 0 Å². The number of aryl methyl sites for hydroxylation is 2. The number of halogens is 1. The largest absolute Gasteiger partial charge is 0.219 e. The van der Waals surface area contributed by atoms with E-state index in [1.165, 1.54) is 80.9 Å². The molecule has 0 radical (unpaired) electrons. The predicted molar refractivity (Wildman–Crippen MR) is 145 cm³/mol. The Kier molecular flexibility index (Phi) is 11.3. The lowest BCUT2D eigenvalue weighted by Crippen LogP contribution is -1.96. The van der Waals surface area contributed by atoms with Gasteiger partial charge in [-0.2, -0.15) is 4.39 Å². The van der Waals surface area contributed by atoms with Crippen LogP contribution in [-0.4, -0.2) is 4.98 Å². The van der Waals surface area contributed by atoms with E-state index in [0.717, 1.165) is 30.4 Å². The van der Waals surface area contributed by atoms with E-state index in [1.54, 1.807) is 0 Å². The Bertz CT molecular complexity index is 959. The highest BCUT2D eigenvalue weighted by Crippen LogP contribution is 2.25. The summed E-state index contributed by atoms with van der Waals surface area (Å²) >= 11 is 0. The van der Waals surface area contributed by atoms with Crippen molar-refractivity contribution in [2.45, 2.75) is 97.3 Å². The maximum absolute atomic E-state index is 14.6. The molecule has 0 fully saturated rings. The molecule has 34 heavy (non-hydrogen) atoms. The van der Waals surface area contributed by atoms with E-state index in [1.807, 2.05) is 24.3 Å². The third kappa shape index (κ3) is 8.38. The van der Waals surface area contributed by atoms with Gasteiger partial charge in [-0.1, -0.05) is 126 Å². The summed E-state index contributed by atoms with van der Waals surface area (Å²) in [6, 6.07) is 21.1. The topological polar surface area (TPSA) is 12.9 Å². The number of rotatable bonds is 15. The van der Waals surface area contributed by atoms with E-state index in [-0.39, 0.29) is 5.95 Å². The third-order valence-corrected chi connectivity index (χ3v) is 6.76. The van der Waals surface area contributed by atoms with Crippen LogP contribution >= 0.6 is 0 Å². The molecule has 0 amide bonds. The molecule has 0 spiro atoms. The smallest absolute Gasteiger partial charge is 0.216 e. The first-order chi connectivity index (χ1) is 16.7. The van der Waals surface area contributed by atoms with Crippen LogP contribution in [0.2, 0.25) is 0 Å². The SMILES string of the molecule is CCCCCCCCc1ccc(-c2ccc(-c3ccc(CCCCCCC)cc3)cc2)nc1F. The summed E-state index contributed by atoms with van der Waals surface area (Å²) in [7, 11) is 0. The molecule has 0 unspecified atom stereocenters. The molecular weight excluding hydrogens is 417 g/mol. The number of nitrogens with zero attached hydrogens (tertiary/aromatic N) is 1. The molecule has 3 rings (SSSR count). The van der Waals surface area contributed by atoms with Crippen LogP contribution < -0.4 is 0 Å². The van der Waals surface area contributed by atoms with Crippen molar-refractivity contribution in [3.05, 3.63) is 77.7 Å². The van der Waals surface area contributed by atoms with Gasteiger partial charge in [0.05, 0.1) is 5.69 Å². The second-order valence-electron chi connectivity index (χ2n) is 9.60. The van der Waals surface area contributed by atoms with Gasteiger partial charge in [-0.05, 0) is 48.4 Å². The Morgan fingerprint density at radius 2 is 1.03 bits per heavy atom. The summed E-state index contributed by atoms with van der Waals surface area (Å²) in [5, 5.41) is 0. The predicted octanol–water partition coefficient (Wildman–Crippen LogP) is 9.97. The molecule has 0 saturated carbocycles. The number of pyridine rings is 1. The number of aromatic nitrogens is 1. The fourth-order valence-electron chi connectivity index (χ4n) is 4.54. The van der Waals surface area contributed by atoms with Gasteiger partial charge in [0, 0.05) is 11.1 Å². The van der Waals surface area contributed by atoms with E-state index in [0.29, 0.717) is 5.69 Å². The molecule has 0 aliphatic rings. The zero-order chi connectivity index (χ0) is 24.0. The molecule has 0 aliphatic heterocycles. The number of hydrogen-bond donors (Lipinski definition) is 0. The minimum atomic E-state index is -0.319. The van der Waals surface area contributed by atoms with E-state index >= 15 is 0 Å². The normalized spacial score (nSPS) is 11.1. The lowest BCUT2D eigenvalue weighted by Gasteiger charge is -2.08. The molecule has 2 aromatic carbocycles. The van der Waals surface area contributed by atoms with Crippen molar-refractivity contribution in [3.8, 4) is 22.4 Å². The minimum Gasteiger partial charge on any atom is -0.219 e. The molecule has 1 nitrogen and oxygen atoms in total. The highest BCUT2D eigenvalue weighted by atomic mass is 19.1. The highest BCUT2D eigenvalue weighted by molar-refractivity contribution is 5.69. The van der Waals surface area contributed by atoms with E-state index < -0.39 is 0 Å². The van der Waals surface area contributed by atoms with Crippen LogP contribution in [0.25, 0.3) is 22.4 Å². The summed E-state index contributed by atoms with van der Waals surface area (Å²) in [5.74, 6) is -0.319. The Hall–Kier alpha value is -2.48. The van der Waals surface area contributed by atoms with Crippen LogP contribution in [0.3, 0.4) is 0 Å². The molecule has 182 valence electrons. The Balaban J connectivity index is 1.53. The minimum absolute atomic E-state index is 0.319. The van der Waals surface area contributed by atoms with Crippen LogP contribution in [0.1, 0.15) is 95.6 Å². The van der Waals surface area contributed by atoms with Crippen LogP contribution in [0.15, 0.2) is 60.7 Å². The lowest BCUT2D eigenvalue weighted by molar-refractivity contribution is 0.553. The average molecular weight is 460 g/mol. The first-order valence-corrected chi connectivity index (χ1v) is 13.6. The molecular formula is C32H42FN. The average Bonchev–Trinajstić information content (AvgIpc) is 2.87. The molecule has 0 bridgehead atoms. The second kappa shape index (κ2) is 14.7. The molecule has 1 heterocycles. The molecule has 0 atom stereocenters. The van der Waals surface area contributed by atoms with Gasteiger partial charge in [0.25, 0.3) is 0 Å². The number of benzene rings is 2. The molecule has 3 aromatic rings. The van der Waals surface area contributed by atoms with Crippen molar-refractivity contribution < 1.29 is 4.39 Å².